The van der Waals surface area contributed by atoms with E-state index < -0.39 is 5.60 Å². The van der Waals surface area contributed by atoms with Gasteiger partial charge in [0.25, 0.3) is 0 Å². The van der Waals surface area contributed by atoms with Crippen LogP contribution in [0.5, 0.6) is 0 Å². The molecule has 3 unspecified atom stereocenters. The predicted molar refractivity (Wildman–Crippen MR) is 85.3 cm³/mol. The van der Waals surface area contributed by atoms with E-state index in [0.29, 0.717) is 12.1 Å². The van der Waals surface area contributed by atoms with Gasteiger partial charge in [-0.15, -0.1) is 0 Å². The highest BCUT2D eigenvalue weighted by Gasteiger charge is 2.35. The van der Waals surface area contributed by atoms with Gasteiger partial charge in [0.15, 0.2) is 0 Å². The summed E-state index contributed by atoms with van der Waals surface area (Å²) in [5.41, 5.74) is -0.418. The van der Waals surface area contributed by atoms with Crippen LogP contribution in [0.4, 0.5) is 4.79 Å². The lowest BCUT2D eigenvalue weighted by Gasteiger charge is -2.42. The average Bonchev–Trinajstić information content (AvgIpc) is 2.28. The Morgan fingerprint density at radius 2 is 1.71 bits per heavy atom. The van der Waals surface area contributed by atoms with Crippen LogP contribution in [-0.2, 0) is 4.74 Å². The molecule has 0 aromatic carbocycles. The number of ether oxygens (including phenoxy) is 1. The van der Waals surface area contributed by atoms with Crippen molar-refractivity contribution in [2.24, 2.45) is 11.8 Å². The largest absolute Gasteiger partial charge is 0.444 e. The molecule has 0 bridgehead atoms. The van der Waals surface area contributed by atoms with Crippen molar-refractivity contribution >= 4 is 6.09 Å². The first kappa shape index (κ1) is 16.6. The van der Waals surface area contributed by atoms with E-state index in [2.05, 4.69) is 24.5 Å². The summed E-state index contributed by atoms with van der Waals surface area (Å²) in [5, 5.41) is 6.75. The highest BCUT2D eigenvalue weighted by Crippen LogP contribution is 2.31. The van der Waals surface area contributed by atoms with Gasteiger partial charge in [-0.3, -0.25) is 0 Å². The van der Waals surface area contributed by atoms with Crippen LogP contribution in [0.1, 0.15) is 66.7 Å². The molecular weight excluding hydrogens is 264 g/mol. The third-order valence-corrected chi connectivity index (χ3v) is 4.77. The summed E-state index contributed by atoms with van der Waals surface area (Å²) < 4.78 is 5.29. The molecular formula is C17H32N2O2. The van der Waals surface area contributed by atoms with Crippen LogP contribution in [0.25, 0.3) is 0 Å². The lowest BCUT2D eigenvalue weighted by molar-refractivity contribution is 0.0457. The molecule has 0 heterocycles. The van der Waals surface area contributed by atoms with Crippen molar-refractivity contribution in [3.05, 3.63) is 0 Å². The zero-order valence-corrected chi connectivity index (χ0v) is 14.2. The summed E-state index contributed by atoms with van der Waals surface area (Å²) in [6.07, 6.45) is 5.76. The van der Waals surface area contributed by atoms with E-state index in [4.69, 9.17) is 4.74 Å². The van der Waals surface area contributed by atoms with E-state index in [1.54, 1.807) is 0 Å². The molecule has 0 aromatic rings. The second-order valence-corrected chi connectivity index (χ2v) is 8.18. The minimum Gasteiger partial charge on any atom is -0.444 e. The smallest absolute Gasteiger partial charge is 0.407 e. The molecule has 122 valence electrons. The topological polar surface area (TPSA) is 50.4 Å². The Morgan fingerprint density at radius 1 is 1.05 bits per heavy atom. The van der Waals surface area contributed by atoms with Gasteiger partial charge in [0, 0.05) is 18.1 Å². The first-order valence-corrected chi connectivity index (χ1v) is 8.48. The van der Waals surface area contributed by atoms with Crippen molar-refractivity contribution in [1.29, 1.82) is 0 Å². The Kier molecular flexibility index (Phi) is 5.18. The number of carbonyl (C=O) groups is 1. The van der Waals surface area contributed by atoms with Gasteiger partial charge in [-0.05, 0) is 58.3 Å². The number of amides is 1. The molecule has 0 aliphatic heterocycles. The molecule has 2 aliphatic rings. The zero-order chi connectivity index (χ0) is 15.6. The van der Waals surface area contributed by atoms with E-state index >= 15 is 0 Å². The molecule has 2 fully saturated rings. The second-order valence-electron chi connectivity index (χ2n) is 8.18. The van der Waals surface area contributed by atoms with E-state index in [-0.39, 0.29) is 12.1 Å². The maximum atomic E-state index is 11.7. The minimum atomic E-state index is -0.418. The van der Waals surface area contributed by atoms with Crippen LogP contribution >= 0.6 is 0 Å². The summed E-state index contributed by atoms with van der Waals surface area (Å²) >= 11 is 0. The number of hydrogen-bond donors (Lipinski definition) is 2. The number of carbonyl (C=O) groups excluding carboxylic acids is 1. The van der Waals surface area contributed by atoms with Gasteiger partial charge in [-0.2, -0.15) is 0 Å². The van der Waals surface area contributed by atoms with Crippen LogP contribution < -0.4 is 10.6 Å². The third kappa shape index (κ3) is 5.17. The highest BCUT2D eigenvalue weighted by atomic mass is 16.6. The molecule has 2 N–H and O–H groups in total. The van der Waals surface area contributed by atoms with Crippen molar-refractivity contribution < 1.29 is 9.53 Å². The molecule has 0 aromatic heterocycles. The fourth-order valence-electron chi connectivity index (χ4n) is 3.41. The van der Waals surface area contributed by atoms with Gasteiger partial charge in [0.1, 0.15) is 5.60 Å². The Labute approximate surface area is 129 Å². The highest BCUT2D eigenvalue weighted by molar-refractivity contribution is 5.68. The molecule has 3 atom stereocenters. The number of alkyl carbamates (subject to hydrolysis) is 1. The first-order valence-electron chi connectivity index (χ1n) is 8.48. The molecule has 0 radical (unpaired) electrons. The lowest BCUT2D eigenvalue weighted by Crippen LogP contribution is -2.56. The van der Waals surface area contributed by atoms with Crippen molar-refractivity contribution in [2.45, 2.75) is 90.4 Å². The fraction of sp³-hybridized carbons (Fsp3) is 0.941. The van der Waals surface area contributed by atoms with Gasteiger partial charge >= 0.3 is 6.09 Å². The monoisotopic (exact) mass is 296 g/mol. The van der Waals surface area contributed by atoms with Gasteiger partial charge in [-0.25, -0.2) is 4.79 Å². The summed E-state index contributed by atoms with van der Waals surface area (Å²) in [6, 6.07) is 1.48. The fourth-order valence-corrected chi connectivity index (χ4v) is 3.41. The number of nitrogens with one attached hydrogen (secondary N) is 2. The Morgan fingerprint density at radius 3 is 2.33 bits per heavy atom. The summed E-state index contributed by atoms with van der Waals surface area (Å²) in [4.78, 5) is 11.7. The standard InChI is InChI=1S/C17H32N2O2/c1-11-6-7-12(2)15(8-11)18-13-9-14(10-13)19-16(20)21-17(3,4)5/h11-15,18H,6-10H2,1-5H3,(H,19,20). The van der Waals surface area contributed by atoms with Crippen molar-refractivity contribution in [2.75, 3.05) is 0 Å². The summed E-state index contributed by atoms with van der Waals surface area (Å²) in [5.74, 6) is 1.62. The Bertz CT molecular complexity index is 358. The van der Waals surface area contributed by atoms with Crippen LogP contribution in [0, 0.1) is 11.8 Å². The molecule has 4 heteroatoms. The van der Waals surface area contributed by atoms with E-state index in [1.807, 2.05) is 20.8 Å². The zero-order valence-electron chi connectivity index (χ0n) is 14.2. The molecule has 2 saturated carbocycles. The SMILES string of the molecule is CC1CCC(C)C(NC2CC(NC(=O)OC(C)(C)C)C2)C1. The van der Waals surface area contributed by atoms with Crippen molar-refractivity contribution in [1.82, 2.24) is 10.6 Å². The van der Waals surface area contributed by atoms with Crippen molar-refractivity contribution in [3.8, 4) is 0 Å². The molecule has 1 amide bonds. The predicted octanol–water partition coefficient (Wildman–Crippen LogP) is 3.46. The molecule has 0 spiro atoms. The Hall–Kier alpha value is -0.770. The van der Waals surface area contributed by atoms with Crippen LogP contribution in [0.3, 0.4) is 0 Å². The average molecular weight is 296 g/mol. The van der Waals surface area contributed by atoms with Gasteiger partial charge < -0.3 is 15.4 Å². The quantitative estimate of drug-likeness (QED) is 0.838. The third-order valence-electron chi connectivity index (χ3n) is 4.77. The van der Waals surface area contributed by atoms with Gasteiger partial charge in [-0.1, -0.05) is 20.3 Å². The molecule has 21 heavy (non-hydrogen) atoms. The first-order chi connectivity index (χ1) is 9.73. The lowest BCUT2D eigenvalue weighted by atomic mass is 9.78. The Balaban J connectivity index is 1.66. The maximum Gasteiger partial charge on any atom is 0.407 e. The van der Waals surface area contributed by atoms with Crippen LogP contribution in [0.15, 0.2) is 0 Å². The van der Waals surface area contributed by atoms with Gasteiger partial charge in [0.05, 0.1) is 0 Å². The van der Waals surface area contributed by atoms with Crippen LogP contribution in [0.2, 0.25) is 0 Å². The van der Waals surface area contributed by atoms with E-state index in [9.17, 15) is 4.79 Å². The summed E-state index contributed by atoms with van der Waals surface area (Å²) in [7, 11) is 0. The number of rotatable bonds is 3. The molecule has 2 aliphatic carbocycles. The van der Waals surface area contributed by atoms with Crippen molar-refractivity contribution in [3.63, 3.8) is 0 Å². The van der Waals surface area contributed by atoms with Crippen LogP contribution in [-0.4, -0.2) is 29.8 Å². The molecule has 4 nitrogen and oxygen atoms in total. The maximum absolute atomic E-state index is 11.7. The van der Waals surface area contributed by atoms with Gasteiger partial charge in [0.2, 0.25) is 0 Å². The molecule has 0 saturated heterocycles. The number of hydrogen-bond acceptors (Lipinski definition) is 3. The van der Waals surface area contributed by atoms with E-state index in [0.717, 1.165) is 24.7 Å². The minimum absolute atomic E-state index is 0.272. The van der Waals surface area contributed by atoms with E-state index in [1.165, 1.54) is 19.3 Å². The molecule has 2 rings (SSSR count). The normalized spacial score (nSPS) is 36.7. The second kappa shape index (κ2) is 6.55. The summed E-state index contributed by atoms with van der Waals surface area (Å²) in [6.45, 7) is 10.4.